The van der Waals surface area contributed by atoms with Gasteiger partial charge in [0.15, 0.2) is 0 Å². The van der Waals surface area contributed by atoms with E-state index in [0.717, 1.165) is 42.6 Å². The number of rotatable bonds is 4. The number of benzene rings is 1. The lowest BCUT2D eigenvalue weighted by molar-refractivity contribution is -0.142. The Labute approximate surface area is 131 Å². The van der Waals surface area contributed by atoms with Gasteiger partial charge in [-0.05, 0) is 44.7 Å². The maximum Gasteiger partial charge on any atom is 0.315 e. The van der Waals surface area contributed by atoms with E-state index in [9.17, 15) is 4.79 Å². The molecule has 1 heterocycles. The SMILES string of the molecule is CCc1cc(OC(=O)C2CCC2)n(-c2ccc(C)cc2C)n1. The van der Waals surface area contributed by atoms with Crippen LogP contribution in [-0.4, -0.2) is 15.7 Å². The highest BCUT2D eigenvalue weighted by Gasteiger charge is 2.28. The van der Waals surface area contributed by atoms with Crippen molar-refractivity contribution in [2.24, 2.45) is 5.92 Å². The Kier molecular flexibility index (Phi) is 4.01. The molecule has 4 nitrogen and oxygen atoms in total. The number of esters is 1. The first-order chi connectivity index (χ1) is 10.6. The minimum Gasteiger partial charge on any atom is -0.407 e. The van der Waals surface area contributed by atoms with Crippen molar-refractivity contribution in [3.63, 3.8) is 0 Å². The van der Waals surface area contributed by atoms with Gasteiger partial charge in [0.1, 0.15) is 0 Å². The smallest absolute Gasteiger partial charge is 0.315 e. The third kappa shape index (κ3) is 2.78. The van der Waals surface area contributed by atoms with E-state index in [0.29, 0.717) is 5.88 Å². The summed E-state index contributed by atoms with van der Waals surface area (Å²) < 4.78 is 7.39. The van der Waals surface area contributed by atoms with Gasteiger partial charge in [0.25, 0.3) is 0 Å². The lowest BCUT2D eigenvalue weighted by atomic mass is 9.86. The Morgan fingerprint density at radius 3 is 2.68 bits per heavy atom. The second-order valence-electron chi connectivity index (χ2n) is 6.08. The van der Waals surface area contributed by atoms with Crippen molar-refractivity contribution in [1.29, 1.82) is 0 Å². The monoisotopic (exact) mass is 298 g/mol. The Morgan fingerprint density at radius 2 is 2.09 bits per heavy atom. The second kappa shape index (κ2) is 5.95. The predicted octanol–water partition coefficient (Wildman–Crippen LogP) is 3.76. The molecule has 116 valence electrons. The van der Waals surface area contributed by atoms with Crippen LogP contribution in [0.2, 0.25) is 0 Å². The highest BCUT2D eigenvalue weighted by atomic mass is 16.5. The van der Waals surface area contributed by atoms with Crippen molar-refractivity contribution in [2.75, 3.05) is 0 Å². The van der Waals surface area contributed by atoms with Gasteiger partial charge in [0, 0.05) is 6.07 Å². The molecule has 3 rings (SSSR count). The Hall–Kier alpha value is -2.10. The van der Waals surface area contributed by atoms with Crippen LogP contribution in [0.15, 0.2) is 24.3 Å². The van der Waals surface area contributed by atoms with E-state index in [1.54, 1.807) is 4.68 Å². The minimum atomic E-state index is -0.125. The minimum absolute atomic E-state index is 0.0625. The first-order valence-corrected chi connectivity index (χ1v) is 7.96. The lowest BCUT2D eigenvalue weighted by Gasteiger charge is -2.23. The van der Waals surface area contributed by atoms with Crippen LogP contribution in [0, 0.1) is 19.8 Å². The largest absolute Gasteiger partial charge is 0.407 e. The van der Waals surface area contributed by atoms with Gasteiger partial charge >= 0.3 is 5.97 Å². The van der Waals surface area contributed by atoms with Gasteiger partial charge in [0.05, 0.1) is 17.3 Å². The highest BCUT2D eigenvalue weighted by molar-refractivity contribution is 5.75. The predicted molar refractivity (Wildman–Crippen MR) is 85.4 cm³/mol. The fraction of sp³-hybridized carbons (Fsp3) is 0.444. The van der Waals surface area contributed by atoms with Crippen LogP contribution in [0.4, 0.5) is 0 Å². The quantitative estimate of drug-likeness (QED) is 0.807. The third-order valence-electron chi connectivity index (χ3n) is 4.31. The summed E-state index contributed by atoms with van der Waals surface area (Å²) in [4.78, 5) is 12.2. The van der Waals surface area contributed by atoms with Crippen molar-refractivity contribution in [3.8, 4) is 11.6 Å². The topological polar surface area (TPSA) is 44.1 Å². The van der Waals surface area contributed by atoms with Gasteiger partial charge in [0.2, 0.25) is 5.88 Å². The number of carbonyl (C=O) groups excluding carboxylic acids is 1. The molecule has 4 heteroatoms. The van der Waals surface area contributed by atoms with E-state index in [1.165, 1.54) is 5.56 Å². The molecule has 1 saturated carbocycles. The summed E-state index contributed by atoms with van der Waals surface area (Å²) in [6, 6.07) is 8.06. The standard InChI is InChI=1S/C18H22N2O2/c1-4-15-11-17(22-18(21)14-6-5-7-14)20(19-15)16-9-8-12(2)10-13(16)3/h8-11,14H,4-7H2,1-3H3. The van der Waals surface area contributed by atoms with Crippen molar-refractivity contribution in [2.45, 2.75) is 46.5 Å². The molecule has 1 aromatic carbocycles. The van der Waals surface area contributed by atoms with Crippen LogP contribution in [-0.2, 0) is 11.2 Å². The number of carbonyl (C=O) groups is 1. The molecule has 0 saturated heterocycles. The maximum absolute atomic E-state index is 12.2. The van der Waals surface area contributed by atoms with Gasteiger partial charge in [-0.2, -0.15) is 5.10 Å². The van der Waals surface area contributed by atoms with Crippen molar-refractivity contribution in [3.05, 3.63) is 41.1 Å². The van der Waals surface area contributed by atoms with Crippen LogP contribution in [0.5, 0.6) is 5.88 Å². The fourth-order valence-electron chi connectivity index (χ4n) is 2.70. The van der Waals surface area contributed by atoms with Crippen LogP contribution in [0.25, 0.3) is 5.69 Å². The number of aromatic nitrogens is 2. The molecule has 0 radical (unpaired) electrons. The van der Waals surface area contributed by atoms with E-state index in [4.69, 9.17) is 4.74 Å². The molecule has 22 heavy (non-hydrogen) atoms. The van der Waals surface area contributed by atoms with E-state index >= 15 is 0 Å². The summed E-state index contributed by atoms with van der Waals surface area (Å²) in [5.41, 5.74) is 4.21. The molecule has 0 spiro atoms. The van der Waals surface area contributed by atoms with Gasteiger partial charge in [-0.1, -0.05) is 31.0 Å². The molecule has 1 fully saturated rings. The molecule has 2 aromatic rings. The number of hydrogen-bond donors (Lipinski definition) is 0. The molecule has 0 atom stereocenters. The Balaban J connectivity index is 1.95. The highest BCUT2D eigenvalue weighted by Crippen LogP contribution is 2.29. The van der Waals surface area contributed by atoms with Gasteiger partial charge in [-0.25, -0.2) is 4.68 Å². The first-order valence-electron chi connectivity index (χ1n) is 7.96. The zero-order valence-electron chi connectivity index (χ0n) is 13.4. The Morgan fingerprint density at radius 1 is 1.32 bits per heavy atom. The maximum atomic E-state index is 12.2. The number of hydrogen-bond acceptors (Lipinski definition) is 3. The molecule has 0 aliphatic heterocycles. The summed E-state index contributed by atoms with van der Waals surface area (Å²) >= 11 is 0. The van der Waals surface area contributed by atoms with E-state index in [-0.39, 0.29) is 11.9 Å². The van der Waals surface area contributed by atoms with Gasteiger partial charge in [-0.15, -0.1) is 0 Å². The summed E-state index contributed by atoms with van der Waals surface area (Å²) in [6.07, 6.45) is 3.82. The average molecular weight is 298 g/mol. The second-order valence-corrected chi connectivity index (χ2v) is 6.08. The average Bonchev–Trinajstić information content (AvgIpc) is 2.79. The van der Waals surface area contributed by atoms with E-state index in [1.807, 2.05) is 32.0 Å². The molecular weight excluding hydrogens is 276 g/mol. The van der Waals surface area contributed by atoms with Crippen molar-refractivity contribution in [1.82, 2.24) is 9.78 Å². The molecule has 0 amide bonds. The van der Waals surface area contributed by atoms with Crippen molar-refractivity contribution >= 4 is 5.97 Å². The molecule has 0 unspecified atom stereocenters. The summed E-state index contributed by atoms with van der Waals surface area (Å²) in [6.45, 7) is 6.16. The van der Waals surface area contributed by atoms with E-state index < -0.39 is 0 Å². The summed E-state index contributed by atoms with van der Waals surface area (Å²) in [7, 11) is 0. The normalized spacial score (nSPS) is 14.7. The van der Waals surface area contributed by atoms with Crippen LogP contribution < -0.4 is 4.74 Å². The van der Waals surface area contributed by atoms with Crippen LogP contribution in [0.3, 0.4) is 0 Å². The molecule has 0 bridgehead atoms. The van der Waals surface area contributed by atoms with Crippen molar-refractivity contribution < 1.29 is 9.53 Å². The lowest BCUT2D eigenvalue weighted by Crippen LogP contribution is -2.27. The zero-order chi connectivity index (χ0) is 15.7. The summed E-state index contributed by atoms with van der Waals surface area (Å²) in [5.74, 6) is 0.466. The number of ether oxygens (including phenoxy) is 1. The third-order valence-corrected chi connectivity index (χ3v) is 4.31. The van der Waals surface area contributed by atoms with Gasteiger partial charge in [-0.3, -0.25) is 4.79 Å². The molecule has 1 aliphatic rings. The Bertz CT molecular complexity index is 699. The molecule has 1 aromatic heterocycles. The molecule has 0 N–H and O–H groups in total. The number of nitrogens with zero attached hydrogens (tertiary/aromatic N) is 2. The van der Waals surface area contributed by atoms with Gasteiger partial charge < -0.3 is 4.74 Å². The van der Waals surface area contributed by atoms with Crippen LogP contribution >= 0.6 is 0 Å². The fourth-order valence-corrected chi connectivity index (χ4v) is 2.70. The van der Waals surface area contributed by atoms with E-state index in [2.05, 4.69) is 18.1 Å². The molecular formula is C18H22N2O2. The summed E-state index contributed by atoms with van der Waals surface area (Å²) in [5, 5.41) is 4.59. The molecule has 1 aliphatic carbocycles. The zero-order valence-corrected chi connectivity index (χ0v) is 13.4. The first kappa shape index (κ1) is 14.8. The number of aryl methyl sites for hydroxylation is 3. The van der Waals surface area contributed by atoms with Crippen LogP contribution in [0.1, 0.15) is 43.0 Å².